The molecular formula is C9H19N3O3S. The first kappa shape index (κ1) is 13.4. The van der Waals surface area contributed by atoms with Gasteiger partial charge in [0, 0.05) is 25.7 Å². The van der Waals surface area contributed by atoms with Crippen LogP contribution in [0.15, 0.2) is 0 Å². The van der Waals surface area contributed by atoms with Crippen LogP contribution in [-0.2, 0) is 14.8 Å². The second-order valence-corrected chi connectivity index (χ2v) is 6.23. The van der Waals surface area contributed by atoms with E-state index in [4.69, 9.17) is 5.73 Å². The topological polar surface area (TPSA) is 83.7 Å². The van der Waals surface area contributed by atoms with E-state index >= 15 is 0 Å². The van der Waals surface area contributed by atoms with Gasteiger partial charge in [0.05, 0.1) is 12.3 Å². The fourth-order valence-corrected chi connectivity index (χ4v) is 3.06. The van der Waals surface area contributed by atoms with Gasteiger partial charge in [-0.05, 0) is 13.8 Å². The van der Waals surface area contributed by atoms with E-state index in [0.717, 1.165) is 0 Å². The Morgan fingerprint density at radius 1 is 1.44 bits per heavy atom. The quantitative estimate of drug-likeness (QED) is 0.668. The average molecular weight is 249 g/mol. The minimum absolute atomic E-state index is 0.125. The second kappa shape index (κ2) is 4.68. The summed E-state index contributed by atoms with van der Waals surface area (Å²) in [6, 6.07) is -0.719. The molecule has 0 aromatic carbocycles. The first-order chi connectivity index (χ1) is 7.23. The van der Waals surface area contributed by atoms with Gasteiger partial charge in [-0.15, -0.1) is 0 Å². The number of sulfonamides is 1. The molecule has 94 valence electrons. The van der Waals surface area contributed by atoms with Gasteiger partial charge in [0.2, 0.25) is 15.9 Å². The standard InChI is InChI=1S/C9H19N3O3S/c1-7-6-11(9(13)8(2)10)4-5-12(7)16(3,14)15/h7-8H,4-6,10H2,1-3H3/t7-,8?/m0/s1. The SMILES string of the molecule is CC(N)C(=O)N1CCN(S(C)(=O)=O)[C@@H](C)C1. The first-order valence-corrected chi connectivity index (χ1v) is 7.09. The van der Waals surface area contributed by atoms with Crippen molar-refractivity contribution in [2.24, 2.45) is 5.73 Å². The van der Waals surface area contributed by atoms with Crippen LogP contribution in [0.3, 0.4) is 0 Å². The van der Waals surface area contributed by atoms with Gasteiger partial charge in [-0.3, -0.25) is 4.79 Å². The van der Waals surface area contributed by atoms with Crippen LogP contribution in [-0.4, -0.2) is 61.5 Å². The molecule has 6 nitrogen and oxygen atoms in total. The van der Waals surface area contributed by atoms with Gasteiger partial charge in [0.1, 0.15) is 0 Å². The Morgan fingerprint density at radius 3 is 2.38 bits per heavy atom. The van der Waals surface area contributed by atoms with Crippen molar-refractivity contribution in [3.8, 4) is 0 Å². The first-order valence-electron chi connectivity index (χ1n) is 5.24. The molecule has 1 amide bonds. The highest BCUT2D eigenvalue weighted by Crippen LogP contribution is 2.13. The lowest BCUT2D eigenvalue weighted by molar-refractivity contribution is -0.134. The fraction of sp³-hybridized carbons (Fsp3) is 0.889. The van der Waals surface area contributed by atoms with Gasteiger partial charge < -0.3 is 10.6 Å². The summed E-state index contributed by atoms with van der Waals surface area (Å²) in [6.45, 7) is 4.60. The molecule has 1 aliphatic heterocycles. The zero-order valence-electron chi connectivity index (χ0n) is 9.88. The van der Waals surface area contributed by atoms with E-state index in [1.165, 1.54) is 10.6 Å². The Kier molecular flexibility index (Phi) is 3.92. The van der Waals surface area contributed by atoms with Gasteiger partial charge in [0.15, 0.2) is 0 Å². The molecule has 0 aromatic rings. The van der Waals surface area contributed by atoms with E-state index in [1.807, 2.05) is 0 Å². The molecule has 0 bridgehead atoms. The third-order valence-corrected chi connectivity index (χ3v) is 4.09. The number of rotatable bonds is 2. The summed E-state index contributed by atoms with van der Waals surface area (Å²) in [5.41, 5.74) is 5.51. The van der Waals surface area contributed by atoms with Crippen molar-refractivity contribution < 1.29 is 13.2 Å². The minimum atomic E-state index is -3.18. The summed E-state index contributed by atoms with van der Waals surface area (Å²) in [5, 5.41) is 0. The Hall–Kier alpha value is -0.660. The highest BCUT2D eigenvalue weighted by Gasteiger charge is 2.32. The maximum Gasteiger partial charge on any atom is 0.239 e. The summed E-state index contributed by atoms with van der Waals surface area (Å²) in [6.07, 6.45) is 1.19. The van der Waals surface area contributed by atoms with Crippen molar-refractivity contribution >= 4 is 15.9 Å². The van der Waals surface area contributed by atoms with Crippen molar-refractivity contribution in [3.63, 3.8) is 0 Å². The number of carbonyl (C=O) groups excluding carboxylic acids is 1. The third kappa shape index (κ3) is 2.93. The lowest BCUT2D eigenvalue weighted by Gasteiger charge is -2.38. The van der Waals surface area contributed by atoms with Crippen molar-refractivity contribution in [2.75, 3.05) is 25.9 Å². The number of nitrogens with two attached hydrogens (primary N) is 1. The third-order valence-electron chi connectivity index (χ3n) is 2.69. The number of carbonyl (C=O) groups is 1. The number of amides is 1. The Labute approximate surface area is 96.4 Å². The van der Waals surface area contributed by atoms with Crippen molar-refractivity contribution in [1.82, 2.24) is 9.21 Å². The monoisotopic (exact) mass is 249 g/mol. The second-order valence-electron chi connectivity index (χ2n) is 4.30. The van der Waals surface area contributed by atoms with E-state index in [1.54, 1.807) is 18.7 Å². The number of piperazine rings is 1. The molecule has 1 saturated heterocycles. The van der Waals surface area contributed by atoms with Crippen molar-refractivity contribution in [1.29, 1.82) is 0 Å². The van der Waals surface area contributed by atoms with Crippen LogP contribution in [0.25, 0.3) is 0 Å². The summed E-state index contributed by atoms with van der Waals surface area (Å²) >= 11 is 0. The molecule has 0 aromatic heterocycles. The van der Waals surface area contributed by atoms with E-state index in [-0.39, 0.29) is 11.9 Å². The molecule has 1 aliphatic rings. The summed E-state index contributed by atoms with van der Waals surface area (Å²) in [5.74, 6) is -0.125. The van der Waals surface area contributed by atoms with E-state index < -0.39 is 16.1 Å². The van der Waals surface area contributed by atoms with E-state index in [9.17, 15) is 13.2 Å². The van der Waals surface area contributed by atoms with E-state index in [2.05, 4.69) is 0 Å². The smallest absolute Gasteiger partial charge is 0.239 e. The molecular weight excluding hydrogens is 230 g/mol. The molecule has 2 atom stereocenters. The molecule has 16 heavy (non-hydrogen) atoms. The zero-order valence-corrected chi connectivity index (χ0v) is 10.7. The van der Waals surface area contributed by atoms with Gasteiger partial charge >= 0.3 is 0 Å². The van der Waals surface area contributed by atoms with Crippen LogP contribution in [0, 0.1) is 0 Å². The molecule has 2 N–H and O–H groups in total. The van der Waals surface area contributed by atoms with Crippen LogP contribution < -0.4 is 5.73 Å². The predicted molar refractivity (Wildman–Crippen MR) is 61.2 cm³/mol. The summed E-state index contributed by atoms with van der Waals surface area (Å²) in [4.78, 5) is 13.3. The molecule has 1 rings (SSSR count). The molecule has 1 unspecified atom stereocenters. The highest BCUT2D eigenvalue weighted by atomic mass is 32.2. The lowest BCUT2D eigenvalue weighted by Crippen LogP contribution is -2.57. The van der Waals surface area contributed by atoms with Crippen molar-refractivity contribution in [2.45, 2.75) is 25.9 Å². The van der Waals surface area contributed by atoms with Crippen LogP contribution >= 0.6 is 0 Å². The molecule has 0 saturated carbocycles. The van der Waals surface area contributed by atoms with Crippen LogP contribution in [0.4, 0.5) is 0 Å². The van der Waals surface area contributed by atoms with Gasteiger partial charge in [-0.2, -0.15) is 4.31 Å². The highest BCUT2D eigenvalue weighted by molar-refractivity contribution is 7.88. The molecule has 1 heterocycles. The van der Waals surface area contributed by atoms with Crippen LogP contribution in [0.5, 0.6) is 0 Å². The number of hydrogen-bond acceptors (Lipinski definition) is 4. The molecule has 0 spiro atoms. The fourth-order valence-electron chi connectivity index (χ4n) is 1.92. The zero-order chi connectivity index (χ0) is 12.5. The molecule has 1 fully saturated rings. The summed E-state index contributed by atoms with van der Waals surface area (Å²) in [7, 11) is -3.18. The van der Waals surface area contributed by atoms with Crippen LogP contribution in [0.2, 0.25) is 0 Å². The Balaban J connectivity index is 2.69. The van der Waals surface area contributed by atoms with Gasteiger partial charge in [-0.25, -0.2) is 8.42 Å². The molecule has 0 aliphatic carbocycles. The molecule has 7 heteroatoms. The largest absolute Gasteiger partial charge is 0.338 e. The number of hydrogen-bond donors (Lipinski definition) is 1. The normalized spacial score (nSPS) is 25.5. The molecule has 0 radical (unpaired) electrons. The van der Waals surface area contributed by atoms with E-state index in [0.29, 0.717) is 19.6 Å². The number of nitrogens with zero attached hydrogens (tertiary/aromatic N) is 2. The predicted octanol–water partition coefficient (Wildman–Crippen LogP) is -1.17. The maximum atomic E-state index is 11.6. The summed E-state index contributed by atoms with van der Waals surface area (Å²) < 4.78 is 24.2. The van der Waals surface area contributed by atoms with Crippen LogP contribution in [0.1, 0.15) is 13.8 Å². The Morgan fingerprint density at radius 2 is 2.00 bits per heavy atom. The average Bonchev–Trinajstić information content (AvgIpc) is 2.14. The maximum absolute atomic E-state index is 11.6. The lowest BCUT2D eigenvalue weighted by atomic mass is 10.2. The van der Waals surface area contributed by atoms with Crippen molar-refractivity contribution in [3.05, 3.63) is 0 Å². The van der Waals surface area contributed by atoms with Gasteiger partial charge in [0.25, 0.3) is 0 Å². The Bertz CT molecular complexity index is 366. The van der Waals surface area contributed by atoms with Gasteiger partial charge in [-0.1, -0.05) is 0 Å². The minimum Gasteiger partial charge on any atom is -0.338 e.